The average Bonchev–Trinajstić information content (AvgIpc) is 3.31. The lowest BCUT2D eigenvalue weighted by Crippen LogP contribution is -2.33. The summed E-state index contributed by atoms with van der Waals surface area (Å²) in [4.78, 5) is 22.1. The fourth-order valence-electron chi connectivity index (χ4n) is 4.53. The van der Waals surface area contributed by atoms with E-state index in [1.54, 1.807) is 23.1 Å². The number of aromatic nitrogens is 5. The molecule has 7 nitrogen and oxygen atoms in total. The Morgan fingerprint density at radius 1 is 1.06 bits per heavy atom. The van der Waals surface area contributed by atoms with Crippen LogP contribution in [0.4, 0.5) is 11.6 Å². The van der Waals surface area contributed by atoms with Gasteiger partial charge in [-0.05, 0) is 61.1 Å². The molecule has 7 heteroatoms. The van der Waals surface area contributed by atoms with E-state index in [2.05, 4.69) is 29.2 Å². The molecule has 0 amide bonds. The summed E-state index contributed by atoms with van der Waals surface area (Å²) < 4.78 is 3.70. The molecule has 3 atom stereocenters. The van der Waals surface area contributed by atoms with E-state index in [4.69, 9.17) is 4.98 Å². The van der Waals surface area contributed by atoms with E-state index < -0.39 is 0 Å². The largest absolute Gasteiger partial charge is 0.324 e. The molecule has 5 rings (SSSR count). The summed E-state index contributed by atoms with van der Waals surface area (Å²) in [7, 11) is 0. The summed E-state index contributed by atoms with van der Waals surface area (Å²) in [6.45, 7) is 4.51. The fraction of sp³-hybridized carbons (Fsp3) is 0.333. The zero-order valence-corrected chi connectivity index (χ0v) is 17.8. The Balaban J connectivity index is 1.49. The van der Waals surface area contributed by atoms with E-state index in [0.29, 0.717) is 23.4 Å². The summed E-state index contributed by atoms with van der Waals surface area (Å²) in [5, 5.41) is 8.40. The molecule has 31 heavy (non-hydrogen) atoms. The Morgan fingerprint density at radius 3 is 2.68 bits per heavy atom. The second-order valence-electron chi connectivity index (χ2n) is 8.60. The van der Waals surface area contributed by atoms with Crippen LogP contribution in [0.1, 0.15) is 39.2 Å². The predicted molar refractivity (Wildman–Crippen MR) is 122 cm³/mol. The minimum Gasteiger partial charge on any atom is -0.324 e. The topological polar surface area (TPSA) is 77.6 Å². The monoisotopic (exact) mass is 414 g/mol. The SMILES string of the molecule is CC1CCC(C)C(n2c(=O)ccc3cnc(Nc4ccc(-n5cccn5)cc4)nc32)C1. The number of nitrogens with zero attached hydrogens (tertiary/aromatic N) is 5. The molecule has 3 aromatic heterocycles. The van der Waals surface area contributed by atoms with Crippen molar-refractivity contribution < 1.29 is 0 Å². The van der Waals surface area contributed by atoms with Gasteiger partial charge in [-0.3, -0.25) is 9.36 Å². The van der Waals surface area contributed by atoms with Crippen molar-refractivity contribution in [1.82, 2.24) is 24.3 Å². The van der Waals surface area contributed by atoms with Crippen LogP contribution in [0, 0.1) is 11.8 Å². The van der Waals surface area contributed by atoms with Gasteiger partial charge in [0, 0.05) is 41.8 Å². The molecule has 0 aliphatic heterocycles. The van der Waals surface area contributed by atoms with Crippen LogP contribution in [0.2, 0.25) is 0 Å². The van der Waals surface area contributed by atoms with Gasteiger partial charge in [-0.2, -0.15) is 10.1 Å². The van der Waals surface area contributed by atoms with Crippen LogP contribution in [0.5, 0.6) is 0 Å². The first-order chi connectivity index (χ1) is 15.1. The normalized spacial score (nSPS) is 21.3. The van der Waals surface area contributed by atoms with Gasteiger partial charge >= 0.3 is 0 Å². The van der Waals surface area contributed by atoms with Crippen molar-refractivity contribution in [3.63, 3.8) is 0 Å². The zero-order valence-electron chi connectivity index (χ0n) is 17.8. The minimum atomic E-state index is 0.00618. The number of hydrogen-bond acceptors (Lipinski definition) is 5. The molecular formula is C24H26N6O. The Morgan fingerprint density at radius 2 is 1.90 bits per heavy atom. The lowest BCUT2D eigenvalue weighted by Gasteiger charge is -2.34. The smallest absolute Gasteiger partial charge is 0.252 e. The van der Waals surface area contributed by atoms with Crippen LogP contribution in [0.25, 0.3) is 16.7 Å². The first kappa shape index (κ1) is 19.5. The van der Waals surface area contributed by atoms with Crippen molar-refractivity contribution in [3.8, 4) is 5.69 Å². The second kappa shape index (κ2) is 7.98. The summed E-state index contributed by atoms with van der Waals surface area (Å²) in [6, 6.07) is 13.4. The lowest BCUT2D eigenvalue weighted by molar-refractivity contribution is 0.207. The highest BCUT2D eigenvalue weighted by molar-refractivity contribution is 5.76. The van der Waals surface area contributed by atoms with Gasteiger partial charge in [0.1, 0.15) is 5.65 Å². The maximum Gasteiger partial charge on any atom is 0.252 e. The van der Waals surface area contributed by atoms with Gasteiger partial charge in [0.25, 0.3) is 5.56 Å². The lowest BCUT2D eigenvalue weighted by atomic mass is 9.80. The van der Waals surface area contributed by atoms with Gasteiger partial charge in [0.05, 0.1) is 5.69 Å². The molecule has 3 unspecified atom stereocenters. The highest BCUT2D eigenvalue weighted by Gasteiger charge is 2.29. The summed E-state index contributed by atoms with van der Waals surface area (Å²) in [5.41, 5.74) is 2.56. The number of benzene rings is 1. The van der Waals surface area contributed by atoms with E-state index in [0.717, 1.165) is 29.6 Å². The van der Waals surface area contributed by atoms with Crippen molar-refractivity contribution in [2.24, 2.45) is 11.8 Å². The van der Waals surface area contributed by atoms with Crippen molar-refractivity contribution in [2.45, 2.75) is 39.2 Å². The summed E-state index contributed by atoms with van der Waals surface area (Å²) in [6.07, 6.45) is 8.79. The predicted octanol–water partition coefficient (Wildman–Crippen LogP) is 4.72. The van der Waals surface area contributed by atoms with Crippen LogP contribution >= 0.6 is 0 Å². The molecule has 4 aromatic rings. The number of nitrogens with one attached hydrogen (secondary N) is 1. The van der Waals surface area contributed by atoms with Crippen LogP contribution < -0.4 is 10.9 Å². The number of rotatable bonds is 4. The van der Waals surface area contributed by atoms with E-state index in [9.17, 15) is 4.79 Å². The van der Waals surface area contributed by atoms with Gasteiger partial charge in [-0.15, -0.1) is 0 Å². The number of pyridine rings is 1. The molecule has 0 radical (unpaired) electrons. The van der Waals surface area contributed by atoms with Gasteiger partial charge < -0.3 is 5.32 Å². The zero-order chi connectivity index (χ0) is 21.4. The third kappa shape index (κ3) is 3.83. The van der Waals surface area contributed by atoms with Crippen molar-refractivity contribution in [2.75, 3.05) is 5.32 Å². The Hall–Kier alpha value is -3.48. The highest BCUT2D eigenvalue weighted by atomic mass is 16.1. The van der Waals surface area contributed by atoms with Crippen LogP contribution in [0.3, 0.4) is 0 Å². The molecule has 1 fully saturated rings. The number of fused-ring (bicyclic) bond motifs is 1. The molecule has 1 saturated carbocycles. The highest BCUT2D eigenvalue weighted by Crippen LogP contribution is 2.37. The summed E-state index contributed by atoms with van der Waals surface area (Å²) in [5.74, 6) is 1.53. The van der Waals surface area contributed by atoms with Gasteiger partial charge in [0.2, 0.25) is 5.95 Å². The molecule has 0 saturated heterocycles. The van der Waals surface area contributed by atoms with E-state index in [1.807, 2.05) is 47.2 Å². The number of anilines is 2. The quantitative estimate of drug-likeness (QED) is 0.523. The molecule has 3 heterocycles. The molecule has 0 bridgehead atoms. The fourth-order valence-corrected chi connectivity index (χ4v) is 4.53. The van der Waals surface area contributed by atoms with Gasteiger partial charge in [-0.1, -0.05) is 20.3 Å². The molecule has 0 spiro atoms. The molecule has 1 aliphatic carbocycles. The van der Waals surface area contributed by atoms with Crippen molar-refractivity contribution in [1.29, 1.82) is 0 Å². The van der Waals surface area contributed by atoms with Crippen molar-refractivity contribution in [3.05, 3.63) is 71.4 Å². The first-order valence-corrected chi connectivity index (χ1v) is 10.8. The maximum atomic E-state index is 12.9. The third-order valence-electron chi connectivity index (χ3n) is 6.31. The van der Waals surface area contributed by atoms with Gasteiger partial charge in [0.15, 0.2) is 0 Å². The van der Waals surface area contributed by atoms with Crippen LogP contribution in [-0.2, 0) is 0 Å². The maximum absolute atomic E-state index is 12.9. The molecule has 1 aromatic carbocycles. The third-order valence-corrected chi connectivity index (χ3v) is 6.31. The Bertz CT molecular complexity index is 1250. The standard InChI is InChI=1S/C24H26N6O/c1-16-4-5-17(2)21(14-16)30-22(31)11-6-18-15-25-24(28-23(18)30)27-19-7-9-20(10-8-19)29-13-3-12-26-29/h3,6-13,15-17,21H,4-5,14H2,1-2H3,(H,25,27,28). The molecular weight excluding hydrogens is 388 g/mol. The molecule has 1 N–H and O–H groups in total. The number of hydrogen-bond donors (Lipinski definition) is 1. The van der Waals surface area contributed by atoms with Gasteiger partial charge in [-0.25, -0.2) is 9.67 Å². The van der Waals surface area contributed by atoms with Crippen LogP contribution in [0.15, 0.2) is 65.8 Å². The Kier molecular flexibility index (Phi) is 5.02. The molecule has 1 aliphatic rings. The van der Waals surface area contributed by atoms with E-state index >= 15 is 0 Å². The first-order valence-electron chi connectivity index (χ1n) is 10.8. The van der Waals surface area contributed by atoms with E-state index in [1.165, 1.54) is 6.42 Å². The second-order valence-corrected chi connectivity index (χ2v) is 8.60. The van der Waals surface area contributed by atoms with Crippen LogP contribution in [-0.4, -0.2) is 24.3 Å². The average molecular weight is 415 g/mol. The Labute approximate surface area is 180 Å². The van der Waals surface area contributed by atoms with Crippen molar-refractivity contribution >= 4 is 22.7 Å². The van der Waals surface area contributed by atoms with E-state index in [-0.39, 0.29) is 11.6 Å². The molecule has 158 valence electrons. The summed E-state index contributed by atoms with van der Waals surface area (Å²) >= 11 is 0. The minimum absolute atomic E-state index is 0.00618.